The minimum atomic E-state index is 0. The summed E-state index contributed by atoms with van der Waals surface area (Å²) in [6.45, 7) is 12.9. The number of benzene rings is 2. The summed E-state index contributed by atoms with van der Waals surface area (Å²) in [6.07, 6.45) is 3.35. The molecule has 1 atom stereocenters. The average molecular weight is 296 g/mol. The maximum absolute atomic E-state index is 2.27. The first-order chi connectivity index (χ1) is 10.5. The van der Waals surface area contributed by atoms with Crippen molar-refractivity contribution in [1.82, 2.24) is 0 Å². The molecule has 0 saturated carbocycles. The Bertz CT molecular complexity index is 576. The quantitative estimate of drug-likeness (QED) is 0.563. The molecule has 0 amide bonds. The van der Waals surface area contributed by atoms with Crippen LogP contribution in [0.2, 0.25) is 0 Å². The van der Waals surface area contributed by atoms with Crippen LogP contribution in [0.15, 0.2) is 54.6 Å². The first-order valence-corrected chi connectivity index (χ1v) is 8.24. The van der Waals surface area contributed by atoms with Crippen molar-refractivity contribution < 1.29 is 1.43 Å². The lowest BCUT2D eigenvalue weighted by Crippen LogP contribution is -1.89. The van der Waals surface area contributed by atoms with Gasteiger partial charge in [0.25, 0.3) is 0 Å². The standard InChI is InChI=1S/C11H16.C11H14.H2/c2*1-4-10(3)11-7-5-9(2)6-8-11;/h5-8,10H,4H2,1-3H3;4-8H,1-3H3;1H/b;10-4+;. The molecule has 0 N–H and O–H groups in total. The first-order valence-electron chi connectivity index (χ1n) is 8.24. The average Bonchev–Trinajstić information content (AvgIpc) is 2.55. The van der Waals surface area contributed by atoms with E-state index in [9.17, 15) is 0 Å². The van der Waals surface area contributed by atoms with Crippen LogP contribution in [0.3, 0.4) is 0 Å². The number of allylic oxidation sites excluding steroid dienone is 2. The maximum atomic E-state index is 2.27. The van der Waals surface area contributed by atoms with Crippen molar-refractivity contribution in [2.24, 2.45) is 0 Å². The van der Waals surface area contributed by atoms with Gasteiger partial charge in [0, 0.05) is 1.43 Å². The molecule has 0 fully saturated rings. The van der Waals surface area contributed by atoms with Gasteiger partial charge in [-0.05, 0) is 56.7 Å². The van der Waals surface area contributed by atoms with Crippen molar-refractivity contribution >= 4 is 5.57 Å². The summed E-state index contributed by atoms with van der Waals surface area (Å²) in [5, 5.41) is 0. The Morgan fingerprint density at radius 2 is 1.41 bits per heavy atom. The SMILES string of the molecule is C/C=C(\C)c1ccc(C)cc1.CCC(C)c1ccc(C)cc1.[HH]. The largest absolute Gasteiger partial charge is 0.0841 e. The van der Waals surface area contributed by atoms with Crippen molar-refractivity contribution in [3.63, 3.8) is 0 Å². The molecule has 0 bridgehead atoms. The van der Waals surface area contributed by atoms with Gasteiger partial charge in [0.05, 0.1) is 0 Å². The van der Waals surface area contributed by atoms with E-state index in [-0.39, 0.29) is 1.43 Å². The number of hydrogen-bond donors (Lipinski definition) is 0. The summed E-state index contributed by atoms with van der Waals surface area (Å²) in [5.74, 6) is 0.704. The van der Waals surface area contributed by atoms with E-state index in [4.69, 9.17) is 0 Å². The molecule has 0 nitrogen and oxygen atoms in total. The zero-order valence-electron chi connectivity index (χ0n) is 15.0. The predicted molar refractivity (Wildman–Crippen MR) is 103 cm³/mol. The fourth-order valence-corrected chi connectivity index (χ4v) is 2.11. The molecule has 2 aromatic carbocycles. The number of aryl methyl sites for hydroxylation is 2. The third-order valence-corrected chi connectivity index (χ3v) is 4.20. The normalized spacial score (nSPS) is 12.4. The van der Waals surface area contributed by atoms with Crippen LogP contribution in [0.1, 0.15) is 63.7 Å². The van der Waals surface area contributed by atoms with Crippen molar-refractivity contribution in [2.75, 3.05) is 0 Å². The van der Waals surface area contributed by atoms with Gasteiger partial charge >= 0.3 is 0 Å². The molecule has 0 heteroatoms. The van der Waals surface area contributed by atoms with E-state index < -0.39 is 0 Å². The third kappa shape index (κ3) is 5.89. The second-order valence-corrected chi connectivity index (χ2v) is 6.06. The van der Waals surface area contributed by atoms with Gasteiger partial charge in [-0.1, -0.05) is 79.6 Å². The Hall–Kier alpha value is -1.82. The lowest BCUT2D eigenvalue weighted by Gasteiger charge is -2.07. The highest BCUT2D eigenvalue weighted by atomic mass is 14.1. The monoisotopic (exact) mass is 296 g/mol. The lowest BCUT2D eigenvalue weighted by atomic mass is 9.98. The van der Waals surface area contributed by atoms with Crippen LogP contribution in [0.5, 0.6) is 0 Å². The zero-order valence-corrected chi connectivity index (χ0v) is 15.0. The zero-order chi connectivity index (χ0) is 16.5. The molecule has 1 unspecified atom stereocenters. The van der Waals surface area contributed by atoms with Gasteiger partial charge in [0.15, 0.2) is 0 Å². The van der Waals surface area contributed by atoms with Gasteiger partial charge in [0.2, 0.25) is 0 Å². The van der Waals surface area contributed by atoms with Gasteiger partial charge in [-0.15, -0.1) is 0 Å². The van der Waals surface area contributed by atoms with Crippen LogP contribution in [-0.4, -0.2) is 0 Å². The summed E-state index contributed by atoms with van der Waals surface area (Å²) >= 11 is 0. The van der Waals surface area contributed by atoms with Crippen molar-refractivity contribution in [1.29, 1.82) is 0 Å². The summed E-state index contributed by atoms with van der Waals surface area (Å²) in [6, 6.07) is 17.4. The molecule has 0 aliphatic rings. The Balaban J connectivity index is 0.000000403. The van der Waals surface area contributed by atoms with Gasteiger partial charge in [-0.25, -0.2) is 0 Å². The van der Waals surface area contributed by atoms with E-state index in [1.165, 1.54) is 34.2 Å². The molecule has 2 aromatic rings. The fourth-order valence-electron chi connectivity index (χ4n) is 2.11. The smallest absolute Gasteiger partial charge is 0 e. The van der Waals surface area contributed by atoms with Crippen molar-refractivity contribution in [2.45, 2.75) is 53.9 Å². The van der Waals surface area contributed by atoms with Gasteiger partial charge in [0.1, 0.15) is 0 Å². The molecule has 0 heterocycles. The Morgan fingerprint density at radius 1 is 0.955 bits per heavy atom. The van der Waals surface area contributed by atoms with E-state index in [1.807, 2.05) is 0 Å². The number of hydrogen-bond acceptors (Lipinski definition) is 0. The van der Waals surface area contributed by atoms with Crippen LogP contribution < -0.4 is 0 Å². The van der Waals surface area contributed by atoms with Crippen LogP contribution in [0, 0.1) is 13.8 Å². The maximum Gasteiger partial charge on any atom is 0 e. The van der Waals surface area contributed by atoms with Crippen LogP contribution in [-0.2, 0) is 0 Å². The topological polar surface area (TPSA) is 0 Å². The third-order valence-electron chi connectivity index (χ3n) is 4.20. The highest BCUT2D eigenvalue weighted by Crippen LogP contribution is 2.18. The first kappa shape index (κ1) is 18.2. The summed E-state index contributed by atoms with van der Waals surface area (Å²) < 4.78 is 0. The van der Waals surface area contributed by atoms with Crippen molar-refractivity contribution in [3.8, 4) is 0 Å². The highest BCUT2D eigenvalue weighted by molar-refractivity contribution is 5.63. The molecule has 0 aliphatic carbocycles. The summed E-state index contributed by atoms with van der Waals surface area (Å²) in [7, 11) is 0. The fraction of sp³-hybridized carbons (Fsp3) is 0.364. The van der Waals surface area contributed by atoms with Gasteiger partial charge < -0.3 is 0 Å². The van der Waals surface area contributed by atoms with Gasteiger partial charge in [-0.3, -0.25) is 0 Å². The second kappa shape index (κ2) is 9.25. The Kier molecular flexibility index (Phi) is 7.66. The molecule has 22 heavy (non-hydrogen) atoms. The van der Waals surface area contributed by atoms with E-state index >= 15 is 0 Å². The van der Waals surface area contributed by atoms with E-state index in [0.717, 1.165) is 0 Å². The van der Waals surface area contributed by atoms with Crippen LogP contribution in [0.4, 0.5) is 0 Å². The molecule has 0 aromatic heterocycles. The Morgan fingerprint density at radius 3 is 1.82 bits per heavy atom. The summed E-state index contributed by atoms with van der Waals surface area (Å²) in [4.78, 5) is 0. The molecule has 0 spiro atoms. The van der Waals surface area contributed by atoms with E-state index in [1.54, 1.807) is 0 Å². The molecule has 0 aliphatic heterocycles. The molecule has 120 valence electrons. The predicted octanol–water partition coefficient (Wildman–Crippen LogP) is 7.17. The molecular weight excluding hydrogens is 264 g/mol. The molecule has 0 saturated heterocycles. The molecule has 0 radical (unpaired) electrons. The molecule has 2 rings (SSSR count). The van der Waals surface area contributed by atoms with E-state index in [2.05, 4.69) is 96.1 Å². The van der Waals surface area contributed by atoms with Crippen LogP contribution in [0.25, 0.3) is 5.57 Å². The minimum absolute atomic E-state index is 0. The minimum Gasteiger partial charge on any atom is -0.0841 e. The Labute approximate surface area is 138 Å². The van der Waals surface area contributed by atoms with Gasteiger partial charge in [-0.2, -0.15) is 0 Å². The number of rotatable bonds is 3. The summed E-state index contributed by atoms with van der Waals surface area (Å²) in [5.41, 5.74) is 6.77. The van der Waals surface area contributed by atoms with E-state index in [0.29, 0.717) is 5.92 Å². The second-order valence-electron chi connectivity index (χ2n) is 6.06. The lowest BCUT2D eigenvalue weighted by molar-refractivity contribution is 0.733. The molecular formula is C22H32. The van der Waals surface area contributed by atoms with Crippen LogP contribution >= 0.6 is 0 Å². The highest BCUT2D eigenvalue weighted by Gasteiger charge is 2.00. The van der Waals surface area contributed by atoms with Crippen molar-refractivity contribution in [3.05, 3.63) is 76.9 Å².